The van der Waals surface area contributed by atoms with Crippen molar-refractivity contribution in [2.75, 3.05) is 0 Å². The standard InChI is InChI=1S/C23H29BrN2O2/c1-16-8-6-9-18(12-16)14-21(27)26(15-19-10-7-11-20(24)13-19)17(2)22(28)25-23(3,4)5/h6-13,17H,14-15H2,1-5H3,(H,25,28)/t17-/m1/s1. The molecule has 2 aromatic rings. The number of carbonyl (C=O) groups excluding carboxylic acids is 2. The maximum Gasteiger partial charge on any atom is 0.242 e. The zero-order valence-electron chi connectivity index (χ0n) is 17.3. The molecule has 0 aliphatic rings. The Morgan fingerprint density at radius 2 is 1.71 bits per heavy atom. The van der Waals surface area contributed by atoms with Crippen molar-refractivity contribution in [2.24, 2.45) is 0 Å². The molecule has 0 heterocycles. The highest BCUT2D eigenvalue weighted by Gasteiger charge is 2.28. The zero-order chi connectivity index (χ0) is 20.9. The maximum atomic E-state index is 13.2. The largest absolute Gasteiger partial charge is 0.350 e. The summed E-state index contributed by atoms with van der Waals surface area (Å²) in [5, 5.41) is 2.98. The van der Waals surface area contributed by atoms with Gasteiger partial charge in [0, 0.05) is 16.6 Å². The van der Waals surface area contributed by atoms with E-state index < -0.39 is 6.04 Å². The molecule has 2 aromatic carbocycles. The average Bonchev–Trinajstić information content (AvgIpc) is 2.57. The van der Waals surface area contributed by atoms with E-state index in [2.05, 4.69) is 21.2 Å². The van der Waals surface area contributed by atoms with Crippen molar-refractivity contribution in [2.45, 2.75) is 59.2 Å². The van der Waals surface area contributed by atoms with E-state index >= 15 is 0 Å². The van der Waals surface area contributed by atoms with Crippen LogP contribution in [0.25, 0.3) is 0 Å². The molecule has 0 spiro atoms. The van der Waals surface area contributed by atoms with Crippen LogP contribution in [0.15, 0.2) is 53.0 Å². The lowest BCUT2D eigenvalue weighted by atomic mass is 10.1. The minimum Gasteiger partial charge on any atom is -0.350 e. The summed E-state index contributed by atoms with van der Waals surface area (Å²) in [5.41, 5.74) is 2.68. The predicted octanol–water partition coefficient (Wildman–Crippen LogP) is 4.63. The van der Waals surface area contributed by atoms with E-state index in [1.807, 2.05) is 76.2 Å². The summed E-state index contributed by atoms with van der Waals surface area (Å²) in [7, 11) is 0. The molecule has 0 aliphatic carbocycles. The van der Waals surface area contributed by atoms with E-state index in [-0.39, 0.29) is 23.8 Å². The number of halogens is 1. The number of nitrogens with one attached hydrogen (secondary N) is 1. The summed E-state index contributed by atoms with van der Waals surface area (Å²) in [6.45, 7) is 9.98. The Kier molecular flexibility index (Phi) is 7.41. The van der Waals surface area contributed by atoms with Crippen molar-refractivity contribution in [1.82, 2.24) is 10.2 Å². The highest BCUT2D eigenvalue weighted by atomic mass is 79.9. The molecule has 2 rings (SSSR count). The lowest BCUT2D eigenvalue weighted by Crippen LogP contribution is -2.52. The molecule has 5 heteroatoms. The van der Waals surface area contributed by atoms with Crippen LogP contribution >= 0.6 is 15.9 Å². The third-order valence-electron chi connectivity index (χ3n) is 4.35. The van der Waals surface area contributed by atoms with Gasteiger partial charge in [0.15, 0.2) is 0 Å². The second-order valence-corrected chi connectivity index (χ2v) is 9.15. The van der Waals surface area contributed by atoms with E-state index in [4.69, 9.17) is 0 Å². The molecule has 0 aliphatic heterocycles. The van der Waals surface area contributed by atoms with Crippen LogP contribution in [0, 0.1) is 6.92 Å². The van der Waals surface area contributed by atoms with Gasteiger partial charge in [0.05, 0.1) is 6.42 Å². The smallest absolute Gasteiger partial charge is 0.242 e. The maximum absolute atomic E-state index is 13.2. The van der Waals surface area contributed by atoms with Gasteiger partial charge in [-0.15, -0.1) is 0 Å². The Morgan fingerprint density at radius 1 is 1.07 bits per heavy atom. The van der Waals surface area contributed by atoms with Crippen LogP contribution in [0.4, 0.5) is 0 Å². The zero-order valence-corrected chi connectivity index (χ0v) is 18.8. The first-order valence-electron chi connectivity index (χ1n) is 9.46. The number of hydrogen-bond acceptors (Lipinski definition) is 2. The minimum atomic E-state index is -0.574. The SMILES string of the molecule is Cc1cccc(CC(=O)N(Cc2cccc(Br)c2)[C@H](C)C(=O)NC(C)(C)C)c1. The van der Waals surface area contributed by atoms with E-state index in [0.29, 0.717) is 6.54 Å². The van der Waals surface area contributed by atoms with E-state index in [1.165, 1.54) is 0 Å². The Bertz CT molecular complexity index is 842. The summed E-state index contributed by atoms with van der Waals surface area (Å²) >= 11 is 3.47. The number of aryl methyl sites for hydroxylation is 1. The highest BCUT2D eigenvalue weighted by molar-refractivity contribution is 9.10. The molecule has 0 saturated carbocycles. The predicted molar refractivity (Wildman–Crippen MR) is 117 cm³/mol. The van der Waals surface area contributed by atoms with Gasteiger partial charge in [-0.05, 0) is 57.9 Å². The average molecular weight is 445 g/mol. The van der Waals surface area contributed by atoms with E-state index in [1.54, 1.807) is 11.8 Å². The fourth-order valence-corrected chi connectivity index (χ4v) is 3.43. The Hall–Kier alpha value is -2.14. The first-order chi connectivity index (χ1) is 13.0. The summed E-state index contributed by atoms with van der Waals surface area (Å²) in [6, 6.07) is 15.2. The topological polar surface area (TPSA) is 49.4 Å². The Balaban J connectivity index is 2.26. The Labute approximate surface area is 176 Å². The number of amides is 2. The molecule has 0 fully saturated rings. The van der Waals surface area contributed by atoms with Crippen molar-refractivity contribution in [3.8, 4) is 0 Å². The van der Waals surface area contributed by atoms with Crippen molar-refractivity contribution in [3.63, 3.8) is 0 Å². The molecule has 150 valence electrons. The third kappa shape index (κ3) is 6.79. The number of nitrogens with zero attached hydrogens (tertiary/aromatic N) is 1. The van der Waals surface area contributed by atoms with Crippen molar-refractivity contribution >= 4 is 27.7 Å². The van der Waals surface area contributed by atoms with Crippen LogP contribution in [-0.2, 0) is 22.6 Å². The van der Waals surface area contributed by atoms with Gasteiger partial charge >= 0.3 is 0 Å². The lowest BCUT2D eigenvalue weighted by molar-refractivity contribution is -0.140. The van der Waals surface area contributed by atoms with Gasteiger partial charge < -0.3 is 10.2 Å². The van der Waals surface area contributed by atoms with E-state index in [0.717, 1.165) is 21.2 Å². The van der Waals surface area contributed by atoms with Gasteiger partial charge in [0.1, 0.15) is 6.04 Å². The molecule has 0 saturated heterocycles. The summed E-state index contributed by atoms with van der Waals surface area (Å²) in [6.07, 6.45) is 0.267. The monoisotopic (exact) mass is 444 g/mol. The van der Waals surface area contributed by atoms with Gasteiger partial charge in [0.25, 0.3) is 0 Å². The van der Waals surface area contributed by atoms with Gasteiger partial charge in [0.2, 0.25) is 11.8 Å². The third-order valence-corrected chi connectivity index (χ3v) is 4.84. The van der Waals surface area contributed by atoms with Crippen LogP contribution in [-0.4, -0.2) is 28.3 Å². The van der Waals surface area contributed by atoms with Gasteiger partial charge in [-0.2, -0.15) is 0 Å². The molecule has 28 heavy (non-hydrogen) atoms. The normalized spacial score (nSPS) is 12.4. The lowest BCUT2D eigenvalue weighted by Gasteiger charge is -2.31. The van der Waals surface area contributed by atoms with Crippen LogP contribution in [0.2, 0.25) is 0 Å². The summed E-state index contributed by atoms with van der Waals surface area (Å²) in [5.74, 6) is -0.220. The van der Waals surface area contributed by atoms with Crippen molar-refractivity contribution < 1.29 is 9.59 Å². The van der Waals surface area contributed by atoms with Crippen molar-refractivity contribution in [1.29, 1.82) is 0 Å². The fraction of sp³-hybridized carbons (Fsp3) is 0.391. The molecule has 0 bridgehead atoms. The summed E-state index contributed by atoms with van der Waals surface area (Å²) < 4.78 is 0.947. The first kappa shape index (κ1) is 22.2. The number of benzene rings is 2. The van der Waals surface area contributed by atoms with Gasteiger partial charge in [-0.1, -0.05) is 57.9 Å². The van der Waals surface area contributed by atoms with Gasteiger partial charge in [-0.25, -0.2) is 0 Å². The number of hydrogen-bond donors (Lipinski definition) is 1. The van der Waals surface area contributed by atoms with Crippen LogP contribution in [0.5, 0.6) is 0 Å². The molecular formula is C23H29BrN2O2. The van der Waals surface area contributed by atoms with Crippen LogP contribution in [0.1, 0.15) is 44.4 Å². The van der Waals surface area contributed by atoms with Crippen molar-refractivity contribution in [3.05, 3.63) is 69.7 Å². The Morgan fingerprint density at radius 3 is 2.32 bits per heavy atom. The molecule has 0 aromatic heterocycles. The van der Waals surface area contributed by atoms with E-state index in [9.17, 15) is 9.59 Å². The molecule has 2 amide bonds. The molecular weight excluding hydrogens is 416 g/mol. The fourth-order valence-electron chi connectivity index (χ4n) is 2.99. The minimum absolute atomic E-state index is 0.0675. The highest BCUT2D eigenvalue weighted by Crippen LogP contribution is 2.17. The quantitative estimate of drug-likeness (QED) is 0.705. The van der Waals surface area contributed by atoms with Crippen LogP contribution in [0.3, 0.4) is 0 Å². The summed E-state index contributed by atoms with van der Waals surface area (Å²) in [4.78, 5) is 27.6. The first-order valence-corrected chi connectivity index (χ1v) is 10.3. The second-order valence-electron chi connectivity index (χ2n) is 8.23. The molecule has 1 atom stereocenters. The van der Waals surface area contributed by atoms with Gasteiger partial charge in [-0.3, -0.25) is 9.59 Å². The molecule has 1 N–H and O–H groups in total. The molecule has 0 radical (unpaired) electrons. The van der Waals surface area contributed by atoms with Crippen LogP contribution < -0.4 is 5.32 Å². The number of carbonyl (C=O) groups is 2. The molecule has 4 nitrogen and oxygen atoms in total. The molecule has 0 unspecified atom stereocenters. The number of rotatable bonds is 6. The second kappa shape index (κ2) is 9.37.